The molecule has 2 saturated heterocycles. The molecule has 190 valence electrons. The summed E-state index contributed by atoms with van der Waals surface area (Å²) in [7, 11) is 0. The molecule has 0 bridgehead atoms. The number of nitrogens with zero attached hydrogens (tertiary/aromatic N) is 3. The van der Waals surface area contributed by atoms with Crippen molar-refractivity contribution in [1.29, 1.82) is 0 Å². The van der Waals surface area contributed by atoms with Gasteiger partial charge in [0.2, 0.25) is 5.91 Å². The second-order valence-electron chi connectivity index (χ2n) is 8.31. The van der Waals surface area contributed by atoms with Crippen LogP contribution in [0.25, 0.3) is 6.08 Å². The Kier molecular flexibility index (Phi) is 7.99. The van der Waals surface area contributed by atoms with Gasteiger partial charge in [-0.2, -0.15) is 0 Å². The molecule has 2 aliphatic heterocycles. The van der Waals surface area contributed by atoms with Crippen LogP contribution in [0, 0.1) is 0 Å². The van der Waals surface area contributed by atoms with E-state index in [1.807, 2.05) is 42.5 Å². The molecular formula is C26H21BrClN3O4S2. The maximum Gasteiger partial charge on any atom is 0.294 e. The van der Waals surface area contributed by atoms with E-state index in [0.29, 0.717) is 42.1 Å². The molecule has 3 heterocycles. The van der Waals surface area contributed by atoms with Gasteiger partial charge in [-0.05, 0) is 70.2 Å². The number of hydrogen-bond donors (Lipinski definition) is 0. The van der Waals surface area contributed by atoms with Gasteiger partial charge in [0, 0.05) is 47.9 Å². The molecular weight excluding hydrogens is 598 g/mol. The van der Waals surface area contributed by atoms with Crippen molar-refractivity contribution in [2.24, 2.45) is 0 Å². The van der Waals surface area contributed by atoms with Crippen LogP contribution in [0.15, 0.2) is 84.4 Å². The molecule has 1 aromatic heterocycles. The smallest absolute Gasteiger partial charge is 0.294 e. The first-order valence-electron chi connectivity index (χ1n) is 11.4. The minimum atomic E-state index is -0.495. The van der Waals surface area contributed by atoms with Crippen molar-refractivity contribution in [3.8, 4) is 0 Å². The summed E-state index contributed by atoms with van der Waals surface area (Å²) in [6.07, 6.45) is 1.53. The summed E-state index contributed by atoms with van der Waals surface area (Å²) in [5, 5.41) is 0.790. The van der Waals surface area contributed by atoms with Crippen LogP contribution in [0.2, 0.25) is 5.02 Å². The maximum absolute atomic E-state index is 13.0. The summed E-state index contributed by atoms with van der Waals surface area (Å²) >= 11 is 11.6. The van der Waals surface area contributed by atoms with Gasteiger partial charge < -0.3 is 14.2 Å². The first-order valence-corrected chi connectivity index (χ1v) is 14.2. The molecule has 3 amide bonds. The molecule has 0 unspecified atom stereocenters. The highest BCUT2D eigenvalue weighted by Gasteiger charge is 2.37. The lowest BCUT2D eigenvalue weighted by Crippen LogP contribution is -2.51. The average molecular weight is 619 g/mol. The molecule has 0 aliphatic carbocycles. The molecule has 3 aromatic rings. The summed E-state index contributed by atoms with van der Waals surface area (Å²) in [6, 6.07) is 19.1. The van der Waals surface area contributed by atoms with E-state index in [0.717, 1.165) is 31.7 Å². The van der Waals surface area contributed by atoms with Gasteiger partial charge in [-0.3, -0.25) is 19.3 Å². The van der Waals surface area contributed by atoms with E-state index < -0.39 is 11.1 Å². The molecule has 0 spiro atoms. The number of rotatable bonds is 6. The Morgan fingerprint density at radius 2 is 1.76 bits per heavy atom. The number of amides is 3. The number of anilines is 1. The summed E-state index contributed by atoms with van der Waals surface area (Å²) in [5.41, 5.74) is 1.12. The van der Waals surface area contributed by atoms with E-state index in [4.69, 9.17) is 16.0 Å². The normalized spacial score (nSPS) is 17.2. The van der Waals surface area contributed by atoms with E-state index >= 15 is 0 Å². The number of piperazine rings is 1. The predicted molar refractivity (Wildman–Crippen MR) is 150 cm³/mol. The molecule has 37 heavy (non-hydrogen) atoms. The van der Waals surface area contributed by atoms with Crippen LogP contribution in [0.3, 0.4) is 0 Å². The van der Waals surface area contributed by atoms with Gasteiger partial charge >= 0.3 is 0 Å². The first kappa shape index (κ1) is 26.0. The van der Waals surface area contributed by atoms with E-state index in [2.05, 4.69) is 20.8 Å². The van der Waals surface area contributed by atoms with Crippen molar-refractivity contribution in [3.05, 3.63) is 80.8 Å². The van der Waals surface area contributed by atoms with Crippen molar-refractivity contribution in [2.45, 2.75) is 9.99 Å². The number of hydrogen-bond acceptors (Lipinski definition) is 7. The van der Waals surface area contributed by atoms with E-state index in [9.17, 15) is 14.4 Å². The van der Waals surface area contributed by atoms with E-state index in [-0.39, 0.29) is 17.4 Å². The van der Waals surface area contributed by atoms with Gasteiger partial charge in [-0.15, -0.1) is 0 Å². The highest BCUT2D eigenvalue weighted by Crippen LogP contribution is 2.38. The lowest BCUT2D eigenvalue weighted by molar-refractivity contribution is -0.136. The summed E-state index contributed by atoms with van der Waals surface area (Å²) in [6.45, 7) is 2.19. The maximum atomic E-state index is 13.0. The summed E-state index contributed by atoms with van der Waals surface area (Å²) < 4.78 is 6.61. The summed E-state index contributed by atoms with van der Waals surface area (Å²) in [5.74, 6) is -0.304. The number of thioether (sulfide) groups is 1. The number of para-hydroxylation sites is 1. The van der Waals surface area contributed by atoms with Crippen LogP contribution in [-0.2, 0) is 9.59 Å². The summed E-state index contributed by atoms with van der Waals surface area (Å²) in [4.78, 5) is 44.5. The second kappa shape index (κ2) is 11.4. The lowest BCUT2D eigenvalue weighted by atomic mass is 10.2. The zero-order valence-electron chi connectivity index (χ0n) is 19.4. The Bertz CT molecular complexity index is 1360. The second-order valence-corrected chi connectivity index (χ2v) is 11.6. The van der Waals surface area contributed by atoms with E-state index in [1.54, 1.807) is 23.1 Å². The minimum Gasteiger partial charge on any atom is -0.449 e. The molecule has 2 aromatic carbocycles. The zero-order valence-corrected chi connectivity index (χ0v) is 23.4. The van der Waals surface area contributed by atoms with Gasteiger partial charge in [0.05, 0.1) is 9.38 Å². The molecule has 0 radical (unpaired) electrons. The highest BCUT2D eigenvalue weighted by atomic mass is 79.9. The zero-order chi connectivity index (χ0) is 25.9. The predicted octanol–water partition coefficient (Wildman–Crippen LogP) is 6.23. The number of halogens is 2. The molecule has 11 heteroatoms. The van der Waals surface area contributed by atoms with E-state index in [1.165, 1.54) is 17.8 Å². The Morgan fingerprint density at radius 1 is 1.05 bits per heavy atom. The number of furan rings is 1. The third kappa shape index (κ3) is 6.09. The molecule has 0 N–H and O–H groups in total. The SMILES string of the molecule is O=C(CN1C(=O)S/C(=C\c2cc(Br)c(Sc3ccc(Cl)cc3)o2)C1=O)N1CCN(c2ccccc2)CC1. The number of benzene rings is 2. The van der Waals surface area contributed by atoms with Crippen molar-refractivity contribution in [1.82, 2.24) is 9.80 Å². The van der Waals surface area contributed by atoms with Crippen molar-refractivity contribution in [2.75, 3.05) is 37.6 Å². The fourth-order valence-corrected chi connectivity index (χ4v) is 6.25. The Hall–Kier alpha value is -2.66. The fourth-order valence-electron chi connectivity index (χ4n) is 3.97. The van der Waals surface area contributed by atoms with Crippen molar-refractivity contribution in [3.63, 3.8) is 0 Å². The third-order valence-corrected chi connectivity index (χ3v) is 8.90. The molecule has 5 rings (SSSR count). The Balaban J connectivity index is 1.20. The van der Waals surface area contributed by atoms with Crippen LogP contribution in [0.5, 0.6) is 0 Å². The van der Waals surface area contributed by atoms with Crippen LogP contribution < -0.4 is 4.90 Å². The molecule has 0 saturated carbocycles. The minimum absolute atomic E-state index is 0.219. The molecule has 7 nitrogen and oxygen atoms in total. The average Bonchev–Trinajstić information content (AvgIpc) is 3.38. The first-order chi connectivity index (χ1) is 17.9. The monoisotopic (exact) mass is 617 g/mol. The van der Waals surface area contributed by atoms with Gasteiger partial charge in [-0.25, -0.2) is 0 Å². The molecule has 2 aliphatic rings. The third-order valence-electron chi connectivity index (χ3n) is 5.89. The largest absolute Gasteiger partial charge is 0.449 e. The van der Waals surface area contributed by atoms with Crippen LogP contribution in [0.1, 0.15) is 5.76 Å². The van der Waals surface area contributed by atoms with Gasteiger partial charge in [0.25, 0.3) is 11.1 Å². The van der Waals surface area contributed by atoms with Crippen molar-refractivity contribution >= 4 is 79.9 Å². The quantitative estimate of drug-likeness (QED) is 0.303. The number of imide groups is 1. The Morgan fingerprint density at radius 3 is 2.46 bits per heavy atom. The topological polar surface area (TPSA) is 74.1 Å². The molecule has 0 atom stereocenters. The van der Waals surface area contributed by atoms with Crippen LogP contribution in [0.4, 0.5) is 10.5 Å². The highest BCUT2D eigenvalue weighted by molar-refractivity contribution is 9.10. The Labute approximate surface area is 235 Å². The van der Waals surface area contributed by atoms with Gasteiger partial charge in [-0.1, -0.05) is 41.6 Å². The van der Waals surface area contributed by atoms with Crippen molar-refractivity contribution < 1.29 is 18.8 Å². The molecule has 2 fully saturated rings. The standard InChI is InChI=1S/C26H21BrClN3O4S2/c27-21-14-19(35-25(21)36-20-8-6-17(28)7-9-20)15-22-24(33)31(26(34)37-22)16-23(32)30-12-10-29(11-13-30)18-4-2-1-3-5-18/h1-9,14-15H,10-13,16H2/b22-15-. The fraction of sp³-hybridized carbons (Fsp3) is 0.192. The van der Waals surface area contributed by atoms with Gasteiger partial charge in [0.1, 0.15) is 12.3 Å². The number of carbonyl (C=O) groups is 3. The van der Waals surface area contributed by atoms with Gasteiger partial charge in [0.15, 0.2) is 5.09 Å². The lowest BCUT2D eigenvalue weighted by Gasteiger charge is -2.36. The van der Waals surface area contributed by atoms with Crippen LogP contribution in [-0.4, -0.2) is 59.6 Å². The number of carbonyl (C=O) groups excluding carboxylic acids is 3. The van der Waals surface area contributed by atoms with Crippen LogP contribution >= 0.6 is 51.1 Å².